The lowest BCUT2D eigenvalue weighted by Crippen LogP contribution is -2.00. The Morgan fingerprint density at radius 2 is 1.29 bits per heavy atom. The van der Waals surface area contributed by atoms with Crippen LogP contribution in [-0.2, 0) is 19.8 Å². The molecule has 0 aliphatic rings. The molecule has 0 fully saturated rings. The molecular formula is C28H28N2O5. The van der Waals surface area contributed by atoms with Crippen LogP contribution in [0, 0.1) is 13.8 Å². The van der Waals surface area contributed by atoms with Gasteiger partial charge in [0.25, 0.3) is 0 Å². The Balaban J connectivity index is 0.000000196. The molecule has 0 aliphatic heterocycles. The summed E-state index contributed by atoms with van der Waals surface area (Å²) in [6, 6.07) is 22.8. The number of aryl methyl sites for hydroxylation is 2. The van der Waals surface area contributed by atoms with E-state index in [4.69, 9.17) is 19.7 Å². The molecule has 0 saturated heterocycles. The van der Waals surface area contributed by atoms with Gasteiger partial charge in [-0.05, 0) is 42.7 Å². The minimum absolute atomic E-state index is 0.00512. The Morgan fingerprint density at radius 3 is 1.69 bits per heavy atom. The number of benzene rings is 2. The third-order valence-corrected chi connectivity index (χ3v) is 4.90. The maximum absolute atomic E-state index is 10.6. The lowest BCUT2D eigenvalue weighted by Gasteiger charge is -2.06. The molecule has 0 aliphatic carbocycles. The van der Waals surface area contributed by atoms with Crippen molar-refractivity contribution in [2.24, 2.45) is 0 Å². The van der Waals surface area contributed by atoms with E-state index in [0.29, 0.717) is 25.0 Å². The summed E-state index contributed by atoms with van der Waals surface area (Å²) in [5.41, 5.74) is 5.50. The lowest BCUT2D eigenvalue weighted by molar-refractivity contribution is 0.0696. The number of carboxylic acid groups (broad SMARTS) is 1. The van der Waals surface area contributed by atoms with E-state index in [0.717, 1.165) is 16.7 Å². The maximum Gasteiger partial charge on any atom is 0.337 e. The minimum atomic E-state index is -0.993. The van der Waals surface area contributed by atoms with Crippen LogP contribution in [0.25, 0.3) is 0 Å². The highest BCUT2D eigenvalue weighted by Gasteiger charge is 2.04. The van der Waals surface area contributed by atoms with Crippen molar-refractivity contribution in [1.29, 1.82) is 0 Å². The van der Waals surface area contributed by atoms with Gasteiger partial charge in [-0.25, -0.2) is 14.8 Å². The Labute approximate surface area is 204 Å². The summed E-state index contributed by atoms with van der Waals surface area (Å²) in [6.45, 7) is 5.00. The third kappa shape index (κ3) is 8.57. The van der Waals surface area contributed by atoms with Crippen molar-refractivity contribution in [1.82, 2.24) is 9.97 Å². The zero-order valence-corrected chi connectivity index (χ0v) is 19.7. The molecule has 0 atom stereocenters. The second-order valence-corrected chi connectivity index (χ2v) is 7.91. The van der Waals surface area contributed by atoms with Crippen LogP contribution in [0.1, 0.15) is 38.2 Å². The molecule has 4 rings (SSSR count). The highest BCUT2D eigenvalue weighted by Crippen LogP contribution is 2.12. The van der Waals surface area contributed by atoms with Crippen molar-refractivity contribution in [2.45, 2.75) is 33.7 Å². The van der Waals surface area contributed by atoms with Gasteiger partial charge in [0.1, 0.15) is 13.2 Å². The second kappa shape index (κ2) is 12.9. The van der Waals surface area contributed by atoms with Crippen LogP contribution in [-0.4, -0.2) is 26.2 Å². The van der Waals surface area contributed by atoms with Crippen LogP contribution < -0.4 is 9.47 Å². The van der Waals surface area contributed by atoms with Gasteiger partial charge in [-0.1, -0.05) is 59.7 Å². The van der Waals surface area contributed by atoms with E-state index in [1.807, 2.05) is 43.3 Å². The Hall–Kier alpha value is -4.23. The predicted molar refractivity (Wildman–Crippen MR) is 132 cm³/mol. The normalized spacial score (nSPS) is 10.1. The average Bonchev–Trinajstić information content (AvgIpc) is 2.87. The Bertz CT molecular complexity index is 1220. The average molecular weight is 473 g/mol. The standard InChI is InChI=1S/C14H13NO3.C14H15NO2/c1-10-3-2-4-11(7-10)9-18-13-6-5-12(8-15-13)14(16)17;1-11-3-2-4-12(7-11)10-17-14-6-5-13(9-16)8-15-14/h2-8H,9H2,1H3,(H,16,17);2-8,16H,9-10H2,1H3. The maximum atomic E-state index is 10.6. The molecular weight excluding hydrogens is 444 g/mol. The van der Waals surface area contributed by atoms with Crippen molar-refractivity contribution in [3.63, 3.8) is 0 Å². The van der Waals surface area contributed by atoms with E-state index in [-0.39, 0.29) is 12.2 Å². The van der Waals surface area contributed by atoms with Crippen molar-refractivity contribution < 1.29 is 24.5 Å². The zero-order valence-electron chi connectivity index (χ0n) is 19.7. The number of carboxylic acids is 1. The second-order valence-electron chi connectivity index (χ2n) is 7.91. The number of aliphatic hydroxyl groups excluding tert-OH is 1. The first-order valence-corrected chi connectivity index (χ1v) is 11.0. The molecule has 35 heavy (non-hydrogen) atoms. The molecule has 2 aromatic heterocycles. The number of aliphatic hydroxyl groups is 1. The Kier molecular flexibility index (Phi) is 9.33. The number of aromatic nitrogens is 2. The number of aromatic carboxylic acids is 1. The number of rotatable bonds is 8. The van der Waals surface area contributed by atoms with E-state index in [1.165, 1.54) is 23.4 Å². The lowest BCUT2D eigenvalue weighted by atomic mass is 10.1. The monoisotopic (exact) mass is 472 g/mol. The topological polar surface area (TPSA) is 102 Å². The number of pyridine rings is 2. The quantitative estimate of drug-likeness (QED) is 0.367. The van der Waals surface area contributed by atoms with Crippen molar-refractivity contribution in [3.8, 4) is 11.8 Å². The molecule has 4 aromatic rings. The largest absolute Gasteiger partial charge is 0.478 e. The summed E-state index contributed by atoms with van der Waals surface area (Å²) in [6.07, 6.45) is 2.90. The summed E-state index contributed by atoms with van der Waals surface area (Å²) >= 11 is 0. The molecule has 0 saturated carbocycles. The third-order valence-electron chi connectivity index (χ3n) is 4.90. The molecule has 0 spiro atoms. The molecule has 0 radical (unpaired) electrons. The van der Waals surface area contributed by atoms with Gasteiger partial charge >= 0.3 is 5.97 Å². The summed E-state index contributed by atoms with van der Waals surface area (Å²) < 4.78 is 11.0. The number of hydrogen-bond acceptors (Lipinski definition) is 6. The molecule has 2 N–H and O–H groups in total. The minimum Gasteiger partial charge on any atom is -0.478 e. The first-order valence-electron chi connectivity index (χ1n) is 11.0. The molecule has 180 valence electrons. The van der Waals surface area contributed by atoms with Gasteiger partial charge < -0.3 is 19.7 Å². The summed E-state index contributed by atoms with van der Waals surface area (Å²) in [5, 5.41) is 17.6. The molecule has 0 unspecified atom stereocenters. The number of hydrogen-bond donors (Lipinski definition) is 2. The van der Waals surface area contributed by atoms with Crippen LogP contribution in [0.5, 0.6) is 11.8 Å². The van der Waals surface area contributed by atoms with Crippen molar-refractivity contribution in [3.05, 3.63) is 119 Å². The fourth-order valence-electron chi connectivity index (χ4n) is 3.10. The molecule has 2 heterocycles. The van der Waals surface area contributed by atoms with Gasteiger partial charge in [-0.3, -0.25) is 0 Å². The van der Waals surface area contributed by atoms with Crippen LogP contribution >= 0.6 is 0 Å². The van der Waals surface area contributed by atoms with E-state index >= 15 is 0 Å². The van der Waals surface area contributed by atoms with Gasteiger partial charge in [-0.2, -0.15) is 0 Å². The molecule has 0 amide bonds. The summed E-state index contributed by atoms with van der Waals surface area (Å²) in [4.78, 5) is 18.7. The van der Waals surface area contributed by atoms with Crippen LogP contribution in [0.15, 0.2) is 85.2 Å². The first kappa shape index (κ1) is 25.4. The van der Waals surface area contributed by atoms with Crippen LogP contribution in [0.4, 0.5) is 0 Å². The van der Waals surface area contributed by atoms with Crippen molar-refractivity contribution in [2.75, 3.05) is 0 Å². The number of carbonyl (C=O) groups is 1. The number of ether oxygens (including phenoxy) is 2. The highest BCUT2D eigenvalue weighted by molar-refractivity contribution is 5.87. The SMILES string of the molecule is Cc1cccc(COc2ccc(C(=O)O)cn2)c1.Cc1cccc(COc2ccc(CO)cn2)c1. The van der Waals surface area contributed by atoms with Gasteiger partial charge in [0.2, 0.25) is 11.8 Å². The van der Waals surface area contributed by atoms with Gasteiger partial charge in [0, 0.05) is 24.5 Å². The molecule has 0 bridgehead atoms. The highest BCUT2D eigenvalue weighted by atomic mass is 16.5. The number of nitrogens with zero attached hydrogens (tertiary/aromatic N) is 2. The van der Waals surface area contributed by atoms with Gasteiger partial charge in [-0.15, -0.1) is 0 Å². The summed E-state index contributed by atoms with van der Waals surface area (Å²) in [5.74, 6) is -0.00190. The van der Waals surface area contributed by atoms with Gasteiger partial charge in [0.05, 0.1) is 12.2 Å². The van der Waals surface area contributed by atoms with E-state index in [9.17, 15) is 4.79 Å². The molecule has 2 aromatic carbocycles. The fourth-order valence-corrected chi connectivity index (χ4v) is 3.10. The zero-order chi connectivity index (χ0) is 25.0. The van der Waals surface area contributed by atoms with Crippen molar-refractivity contribution >= 4 is 5.97 Å². The van der Waals surface area contributed by atoms with E-state index in [2.05, 4.69) is 29.0 Å². The van der Waals surface area contributed by atoms with Gasteiger partial charge in [0.15, 0.2) is 0 Å². The smallest absolute Gasteiger partial charge is 0.337 e. The Morgan fingerprint density at radius 1 is 0.743 bits per heavy atom. The van der Waals surface area contributed by atoms with Crippen LogP contribution in [0.3, 0.4) is 0 Å². The van der Waals surface area contributed by atoms with E-state index in [1.54, 1.807) is 24.4 Å². The summed E-state index contributed by atoms with van der Waals surface area (Å²) in [7, 11) is 0. The van der Waals surface area contributed by atoms with E-state index < -0.39 is 5.97 Å². The molecule has 7 heteroatoms. The fraction of sp³-hybridized carbons (Fsp3) is 0.179. The predicted octanol–water partition coefficient (Wildman–Crippen LogP) is 5.13. The molecule has 7 nitrogen and oxygen atoms in total. The van der Waals surface area contributed by atoms with Crippen LogP contribution in [0.2, 0.25) is 0 Å². The first-order chi connectivity index (χ1) is 16.9.